The summed E-state index contributed by atoms with van der Waals surface area (Å²) < 4.78 is 1.64. The van der Waals surface area contributed by atoms with Gasteiger partial charge in [-0.15, -0.1) is 11.8 Å². The highest BCUT2D eigenvalue weighted by atomic mass is 32.2. The monoisotopic (exact) mass is 367 g/mol. The molecule has 3 aromatic rings. The van der Waals surface area contributed by atoms with Gasteiger partial charge in [-0.05, 0) is 18.2 Å². The van der Waals surface area contributed by atoms with Crippen molar-refractivity contribution in [2.45, 2.75) is 4.90 Å². The average molecular weight is 367 g/mol. The minimum Gasteiger partial charge on any atom is -0.336 e. The number of carbonyl (C=O) groups excluding carboxylic acids is 1. The molecule has 1 aliphatic heterocycles. The molecule has 6 nitrogen and oxygen atoms in total. The van der Waals surface area contributed by atoms with Gasteiger partial charge >= 0.3 is 0 Å². The fourth-order valence-electron chi connectivity index (χ4n) is 3.13. The number of fused-ring (bicyclic) bond motifs is 1. The lowest BCUT2D eigenvalue weighted by atomic mass is 10.2. The zero-order valence-corrected chi connectivity index (χ0v) is 15.3. The van der Waals surface area contributed by atoms with Crippen LogP contribution in [-0.2, 0) is 0 Å². The molecule has 0 bridgehead atoms. The second-order valence-electron chi connectivity index (χ2n) is 6.24. The molecule has 0 radical (unpaired) electrons. The van der Waals surface area contributed by atoms with E-state index in [9.17, 15) is 4.79 Å². The summed E-state index contributed by atoms with van der Waals surface area (Å²) in [5, 5.41) is 4.21. The molecular formula is C19H21N5OS. The molecule has 3 heterocycles. The summed E-state index contributed by atoms with van der Waals surface area (Å²) in [6.07, 6.45) is 5.12. The molecule has 7 heteroatoms. The number of nitrogens with zero attached hydrogens (tertiary/aromatic N) is 5. The minimum absolute atomic E-state index is 0.0250. The lowest BCUT2D eigenvalue weighted by Gasteiger charge is -2.34. The van der Waals surface area contributed by atoms with Crippen LogP contribution in [0.5, 0.6) is 0 Å². The Morgan fingerprint density at radius 2 is 1.88 bits per heavy atom. The molecule has 26 heavy (non-hydrogen) atoms. The van der Waals surface area contributed by atoms with E-state index in [1.54, 1.807) is 29.2 Å². The summed E-state index contributed by atoms with van der Waals surface area (Å²) in [6, 6.07) is 12.3. The van der Waals surface area contributed by atoms with E-state index in [0.717, 1.165) is 38.5 Å². The van der Waals surface area contributed by atoms with Crippen molar-refractivity contribution in [2.24, 2.45) is 0 Å². The summed E-state index contributed by atoms with van der Waals surface area (Å²) in [5.41, 5.74) is 1.21. The summed E-state index contributed by atoms with van der Waals surface area (Å²) in [7, 11) is 0. The number of piperazine rings is 1. The van der Waals surface area contributed by atoms with E-state index in [1.165, 1.54) is 4.90 Å². The molecule has 0 unspecified atom stereocenters. The van der Waals surface area contributed by atoms with Gasteiger partial charge in [-0.3, -0.25) is 9.69 Å². The lowest BCUT2D eigenvalue weighted by molar-refractivity contribution is 0.0646. The van der Waals surface area contributed by atoms with Crippen molar-refractivity contribution >= 4 is 23.3 Å². The molecule has 0 N–H and O–H groups in total. The van der Waals surface area contributed by atoms with Crippen LogP contribution >= 0.6 is 11.8 Å². The second-order valence-corrected chi connectivity index (χ2v) is 7.41. The van der Waals surface area contributed by atoms with Crippen LogP contribution in [0.3, 0.4) is 0 Å². The zero-order chi connectivity index (χ0) is 17.8. The number of hydrogen-bond acceptors (Lipinski definition) is 5. The molecule has 0 atom stereocenters. The van der Waals surface area contributed by atoms with Gasteiger partial charge < -0.3 is 4.90 Å². The topological polar surface area (TPSA) is 53.7 Å². The van der Waals surface area contributed by atoms with Gasteiger partial charge in [0.15, 0.2) is 5.65 Å². The summed E-state index contributed by atoms with van der Waals surface area (Å²) in [5.74, 6) is 1.09. The Bertz CT molecular complexity index is 874. The minimum atomic E-state index is 0.0250. The lowest BCUT2D eigenvalue weighted by Crippen LogP contribution is -2.49. The quantitative estimate of drug-likeness (QED) is 0.648. The maximum Gasteiger partial charge on any atom is 0.259 e. The number of benzene rings is 1. The molecule has 0 saturated carbocycles. The maximum absolute atomic E-state index is 12.8. The van der Waals surface area contributed by atoms with Crippen LogP contribution in [0.4, 0.5) is 0 Å². The number of carbonyl (C=O) groups is 1. The largest absolute Gasteiger partial charge is 0.336 e. The molecule has 1 aromatic carbocycles. The molecule has 1 saturated heterocycles. The van der Waals surface area contributed by atoms with E-state index in [-0.39, 0.29) is 5.91 Å². The third-order valence-corrected chi connectivity index (χ3v) is 5.58. The number of rotatable bonds is 5. The van der Waals surface area contributed by atoms with E-state index in [2.05, 4.69) is 39.2 Å². The van der Waals surface area contributed by atoms with Gasteiger partial charge in [-0.1, -0.05) is 18.2 Å². The molecule has 1 amide bonds. The Kier molecular flexibility index (Phi) is 5.17. The highest BCUT2D eigenvalue weighted by Crippen LogP contribution is 2.18. The molecule has 0 spiro atoms. The van der Waals surface area contributed by atoms with Crippen molar-refractivity contribution in [3.05, 3.63) is 60.6 Å². The molecule has 1 aliphatic rings. The van der Waals surface area contributed by atoms with E-state index >= 15 is 0 Å². The molecule has 4 rings (SSSR count). The Morgan fingerprint density at radius 1 is 1.08 bits per heavy atom. The van der Waals surface area contributed by atoms with Crippen LogP contribution in [0, 0.1) is 0 Å². The van der Waals surface area contributed by atoms with Crippen molar-refractivity contribution in [1.82, 2.24) is 24.4 Å². The fraction of sp³-hybridized carbons (Fsp3) is 0.316. The third kappa shape index (κ3) is 3.73. The number of thioether (sulfide) groups is 1. The van der Waals surface area contributed by atoms with E-state index in [0.29, 0.717) is 11.2 Å². The molecule has 2 aromatic heterocycles. The zero-order valence-electron chi connectivity index (χ0n) is 14.5. The Balaban J connectivity index is 1.28. The fourth-order valence-corrected chi connectivity index (χ4v) is 4.07. The number of hydrogen-bond donors (Lipinski definition) is 0. The molecule has 134 valence electrons. The van der Waals surface area contributed by atoms with Crippen LogP contribution in [-0.4, -0.2) is 68.8 Å². The van der Waals surface area contributed by atoms with Crippen molar-refractivity contribution < 1.29 is 4.79 Å². The first-order chi connectivity index (χ1) is 12.8. The van der Waals surface area contributed by atoms with Gasteiger partial charge in [0, 0.05) is 55.8 Å². The number of amides is 1. The van der Waals surface area contributed by atoms with Crippen LogP contribution < -0.4 is 0 Å². The number of aromatic nitrogens is 3. The molecule has 0 aliphatic carbocycles. The van der Waals surface area contributed by atoms with E-state index in [1.807, 2.05) is 22.7 Å². The standard InChI is InChI=1S/C19H21N5OS/c25-19(17-15-21-24-8-4-7-20-18(17)24)23-11-9-22(10-12-23)13-14-26-16-5-2-1-3-6-16/h1-8,15H,9-14H2. The van der Waals surface area contributed by atoms with Gasteiger partial charge in [-0.2, -0.15) is 5.10 Å². The van der Waals surface area contributed by atoms with Gasteiger partial charge in [-0.25, -0.2) is 9.50 Å². The van der Waals surface area contributed by atoms with Crippen LogP contribution in [0.15, 0.2) is 59.9 Å². The van der Waals surface area contributed by atoms with Crippen molar-refractivity contribution in [2.75, 3.05) is 38.5 Å². The maximum atomic E-state index is 12.8. The Labute approximate surface area is 156 Å². The van der Waals surface area contributed by atoms with Crippen molar-refractivity contribution in [1.29, 1.82) is 0 Å². The predicted molar refractivity (Wildman–Crippen MR) is 102 cm³/mol. The summed E-state index contributed by atoms with van der Waals surface area (Å²) in [4.78, 5) is 22.7. The Morgan fingerprint density at radius 3 is 2.69 bits per heavy atom. The van der Waals surface area contributed by atoms with Gasteiger partial charge in [0.05, 0.1) is 6.20 Å². The van der Waals surface area contributed by atoms with Crippen molar-refractivity contribution in [3.8, 4) is 0 Å². The Hall–Kier alpha value is -2.38. The first-order valence-corrected chi connectivity index (χ1v) is 9.78. The SMILES string of the molecule is O=C(c1cnn2cccnc12)N1CCN(CCSc2ccccc2)CC1. The van der Waals surface area contributed by atoms with E-state index < -0.39 is 0 Å². The first kappa shape index (κ1) is 17.1. The molecular weight excluding hydrogens is 346 g/mol. The van der Waals surface area contributed by atoms with Gasteiger partial charge in [0.2, 0.25) is 0 Å². The first-order valence-electron chi connectivity index (χ1n) is 8.79. The summed E-state index contributed by atoms with van der Waals surface area (Å²) >= 11 is 1.88. The van der Waals surface area contributed by atoms with Crippen molar-refractivity contribution in [3.63, 3.8) is 0 Å². The van der Waals surface area contributed by atoms with Crippen LogP contribution in [0.1, 0.15) is 10.4 Å². The highest BCUT2D eigenvalue weighted by Gasteiger charge is 2.24. The van der Waals surface area contributed by atoms with Crippen LogP contribution in [0.2, 0.25) is 0 Å². The molecule has 1 fully saturated rings. The second kappa shape index (κ2) is 7.88. The van der Waals surface area contributed by atoms with Gasteiger partial charge in [0.25, 0.3) is 5.91 Å². The predicted octanol–water partition coefficient (Wildman–Crippen LogP) is 2.28. The average Bonchev–Trinajstić information content (AvgIpc) is 3.13. The van der Waals surface area contributed by atoms with Crippen LogP contribution in [0.25, 0.3) is 5.65 Å². The van der Waals surface area contributed by atoms with Gasteiger partial charge in [0.1, 0.15) is 5.56 Å². The highest BCUT2D eigenvalue weighted by molar-refractivity contribution is 7.99. The van der Waals surface area contributed by atoms with E-state index in [4.69, 9.17) is 0 Å². The third-order valence-electron chi connectivity index (χ3n) is 4.59. The normalized spacial score (nSPS) is 15.5. The summed E-state index contributed by atoms with van der Waals surface area (Å²) in [6.45, 7) is 4.36. The smallest absolute Gasteiger partial charge is 0.259 e.